The molecule has 136 valence electrons. The van der Waals surface area contributed by atoms with Gasteiger partial charge in [-0.2, -0.15) is 0 Å². The number of carboxylic acid groups (broad SMARTS) is 2. The molecule has 2 N–H and O–H groups in total. The Balaban J connectivity index is 1.69. The fourth-order valence-electron chi connectivity index (χ4n) is 6.78. The first-order valence-corrected chi connectivity index (χ1v) is 9.25. The number of hydrogen-bond donors (Lipinski definition) is 2. The Morgan fingerprint density at radius 3 is 2.12 bits per heavy atom. The Morgan fingerprint density at radius 2 is 1.58 bits per heavy atom. The molecule has 5 rings (SSSR count). The molecule has 4 nitrogen and oxygen atoms in total. The minimum atomic E-state index is -1.24. The van der Waals surface area contributed by atoms with Crippen LogP contribution in [0.4, 0.5) is 0 Å². The minimum Gasteiger partial charge on any atom is -0.478 e. The largest absolute Gasteiger partial charge is 0.478 e. The summed E-state index contributed by atoms with van der Waals surface area (Å²) < 4.78 is 0. The predicted molar refractivity (Wildman–Crippen MR) is 97.1 cm³/mol. The molecule has 0 aromatic heterocycles. The monoisotopic (exact) mass is 352 g/mol. The first kappa shape index (κ1) is 17.1. The molecule has 1 aromatic carbocycles. The lowest BCUT2D eigenvalue weighted by atomic mass is 9.40. The van der Waals surface area contributed by atoms with Crippen molar-refractivity contribution in [2.24, 2.45) is 22.2 Å². The van der Waals surface area contributed by atoms with Gasteiger partial charge in [-0.05, 0) is 73.5 Å². The molecule has 0 saturated heterocycles. The lowest BCUT2D eigenvalue weighted by molar-refractivity contribution is -0.120. The second kappa shape index (κ2) is 5.36. The summed E-state index contributed by atoms with van der Waals surface area (Å²) in [5.74, 6) is 4.99. The smallest absolute Gasteiger partial charge is 0.336 e. The molecule has 0 heterocycles. The van der Waals surface area contributed by atoms with Crippen LogP contribution >= 0.6 is 0 Å². The zero-order chi connectivity index (χ0) is 18.7. The Kier molecular flexibility index (Phi) is 3.54. The van der Waals surface area contributed by atoms with Gasteiger partial charge < -0.3 is 10.2 Å². The molecular weight excluding hydrogens is 328 g/mol. The van der Waals surface area contributed by atoms with Gasteiger partial charge in [0.1, 0.15) is 0 Å². The van der Waals surface area contributed by atoms with Gasteiger partial charge in [-0.1, -0.05) is 25.7 Å². The summed E-state index contributed by atoms with van der Waals surface area (Å²) in [6.07, 6.45) is 7.29. The van der Waals surface area contributed by atoms with Gasteiger partial charge >= 0.3 is 11.9 Å². The molecule has 0 amide bonds. The summed E-state index contributed by atoms with van der Waals surface area (Å²) in [5.41, 5.74) is 0.965. The molecule has 2 atom stereocenters. The quantitative estimate of drug-likeness (QED) is 0.772. The van der Waals surface area contributed by atoms with E-state index in [0.717, 1.165) is 25.2 Å². The van der Waals surface area contributed by atoms with Crippen molar-refractivity contribution in [1.82, 2.24) is 0 Å². The highest BCUT2D eigenvalue weighted by Gasteiger charge is 2.59. The van der Waals surface area contributed by atoms with E-state index in [9.17, 15) is 14.7 Å². The third-order valence-corrected chi connectivity index (χ3v) is 6.58. The van der Waals surface area contributed by atoms with Crippen molar-refractivity contribution in [3.05, 3.63) is 34.9 Å². The van der Waals surface area contributed by atoms with Crippen LogP contribution in [0.25, 0.3) is 0 Å². The van der Waals surface area contributed by atoms with Crippen LogP contribution in [0.3, 0.4) is 0 Å². The van der Waals surface area contributed by atoms with Crippen molar-refractivity contribution < 1.29 is 19.8 Å². The predicted octanol–water partition coefficient (Wildman–Crippen LogP) is 4.43. The van der Waals surface area contributed by atoms with Crippen molar-refractivity contribution >= 4 is 11.9 Å². The minimum absolute atomic E-state index is 0.0256. The number of carboxylic acids is 2. The molecule has 4 aliphatic rings. The Labute approximate surface area is 153 Å². The Hall–Kier alpha value is -2.28. The van der Waals surface area contributed by atoms with Crippen LogP contribution in [0.2, 0.25) is 0 Å². The molecule has 4 heteroatoms. The zero-order valence-corrected chi connectivity index (χ0v) is 15.3. The summed E-state index contributed by atoms with van der Waals surface area (Å²) in [4.78, 5) is 22.6. The highest BCUT2D eigenvalue weighted by Crippen LogP contribution is 2.69. The zero-order valence-electron chi connectivity index (χ0n) is 15.3. The highest BCUT2D eigenvalue weighted by atomic mass is 16.4. The Morgan fingerprint density at radius 1 is 0.962 bits per heavy atom. The molecule has 4 saturated carbocycles. The van der Waals surface area contributed by atoms with Gasteiger partial charge in [0.25, 0.3) is 0 Å². The van der Waals surface area contributed by atoms with E-state index in [0.29, 0.717) is 16.4 Å². The van der Waals surface area contributed by atoms with E-state index in [1.165, 1.54) is 31.4 Å². The maximum Gasteiger partial charge on any atom is 0.336 e. The van der Waals surface area contributed by atoms with Crippen LogP contribution in [0, 0.1) is 34.0 Å². The molecule has 2 unspecified atom stereocenters. The van der Waals surface area contributed by atoms with Gasteiger partial charge in [0.15, 0.2) is 0 Å². The van der Waals surface area contributed by atoms with E-state index in [2.05, 4.69) is 25.7 Å². The van der Waals surface area contributed by atoms with E-state index in [-0.39, 0.29) is 16.5 Å². The highest BCUT2D eigenvalue weighted by molar-refractivity contribution is 6.01. The van der Waals surface area contributed by atoms with Gasteiger partial charge in [0.05, 0.1) is 11.1 Å². The first-order valence-electron chi connectivity index (χ1n) is 9.25. The van der Waals surface area contributed by atoms with E-state index in [1.807, 2.05) is 0 Å². The summed E-state index contributed by atoms with van der Waals surface area (Å²) in [6, 6.07) is 4.35. The van der Waals surface area contributed by atoms with Crippen molar-refractivity contribution in [3.63, 3.8) is 0 Å². The molecule has 1 aromatic rings. The Bertz CT molecular complexity index is 854. The number of aromatic carboxylic acids is 2. The normalized spacial score (nSPS) is 37.1. The van der Waals surface area contributed by atoms with Gasteiger partial charge in [0.2, 0.25) is 0 Å². The fraction of sp³-hybridized carbons (Fsp3) is 0.545. The molecule has 4 aliphatic carbocycles. The van der Waals surface area contributed by atoms with Gasteiger partial charge in [0, 0.05) is 11.0 Å². The van der Waals surface area contributed by atoms with Crippen LogP contribution in [-0.2, 0) is 0 Å². The van der Waals surface area contributed by atoms with Crippen LogP contribution in [0.1, 0.15) is 78.7 Å². The van der Waals surface area contributed by atoms with Gasteiger partial charge in [-0.25, -0.2) is 9.59 Å². The number of hydrogen-bond acceptors (Lipinski definition) is 2. The second-order valence-corrected chi connectivity index (χ2v) is 9.53. The van der Waals surface area contributed by atoms with Crippen LogP contribution < -0.4 is 0 Å². The maximum atomic E-state index is 11.4. The van der Waals surface area contributed by atoms with Crippen LogP contribution in [0.5, 0.6) is 0 Å². The number of carbonyl (C=O) groups is 2. The van der Waals surface area contributed by atoms with Crippen molar-refractivity contribution in [2.75, 3.05) is 0 Å². The topological polar surface area (TPSA) is 74.6 Å². The van der Waals surface area contributed by atoms with Crippen molar-refractivity contribution in [2.45, 2.75) is 52.4 Å². The third kappa shape index (κ3) is 2.80. The van der Waals surface area contributed by atoms with Crippen LogP contribution in [-0.4, -0.2) is 22.2 Å². The van der Waals surface area contributed by atoms with Gasteiger partial charge in [-0.3, -0.25) is 0 Å². The lowest BCUT2D eigenvalue weighted by Crippen LogP contribution is -2.54. The summed E-state index contributed by atoms with van der Waals surface area (Å²) in [6.45, 7) is 4.80. The van der Waals surface area contributed by atoms with E-state index in [1.54, 1.807) is 6.07 Å². The average molecular weight is 352 g/mol. The second-order valence-electron chi connectivity index (χ2n) is 9.53. The van der Waals surface area contributed by atoms with E-state index < -0.39 is 11.9 Å². The molecule has 0 spiro atoms. The summed E-state index contributed by atoms with van der Waals surface area (Å²) >= 11 is 0. The number of rotatable bonds is 2. The molecule has 4 bridgehead atoms. The first-order chi connectivity index (χ1) is 12.1. The third-order valence-electron chi connectivity index (χ3n) is 6.58. The summed E-state index contributed by atoms with van der Waals surface area (Å²) in [5, 5.41) is 18.4. The standard InChI is InChI=1S/C22H24O4/c1-20-8-15-9-21(2,11-20)13-22(10-15,12-20)6-5-14-3-4-16(18(23)24)17(7-14)19(25)26/h3-4,7,15H,8-13H2,1-2H3,(H,23,24)(H,25,26). The van der Waals surface area contributed by atoms with E-state index in [4.69, 9.17) is 5.11 Å². The van der Waals surface area contributed by atoms with Crippen LogP contribution in [0.15, 0.2) is 18.2 Å². The van der Waals surface area contributed by atoms with Crippen molar-refractivity contribution in [1.29, 1.82) is 0 Å². The molecule has 0 aliphatic heterocycles. The molecule has 4 fully saturated rings. The maximum absolute atomic E-state index is 11.4. The SMILES string of the molecule is CC12CC3CC(C)(C1)CC(C#Cc1ccc(C(=O)O)c(C(=O)O)c1)(C3)C2. The molecular formula is C22H24O4. The fourth-order valence-corrected chi connectivity index (χ4v) is 6.78. The molecule has 26 heavy (non-hydrogen) atoms. The van der Waals surface area contributed by atoms with E-state index >= 15 is 0 Å². The molecule has 0 radical (unpaired) electrons. The number of benzene rings is 1. The summed E-state index contributed by atoms with van der Waals surface area (Å²) in [7, 11) is 0. The van der Waals surface area contributed by atoms with Gasteiger partial charge in [-0.15, -0.1) is 0 Å². The average Bonchev–Trinajstić information content (AvgIpc) is 2.49. The van der Waals surface area contributed by atoms with Crippen molar-refractivity contribution in [3.8, 4) is 11.8 Å². The lowest BCUT2D eigenvalue weighted by Gasteiger charge is -2.64.